The second-order valence-corrected chi connectivity index (χ2v) is 10.4. The fourth-order valence-electron chi connectivity index (χ4n) is 5.30. The lowest BCUT2D eigenvalue weighted by molar-refractivity contribution is 0.194. The molecule has 1 aliphatic heterocycles. The standard InChI is InChI=1S/C28H25F2N3OS/c1-17-8-10-21(11-9-17)31-28(34)33-16-23-22-5-2-3-7-25(22)35-27(23)32-12-4-6-24(32)26(33)18-13-19(29)15-20(30)14-18/h4,6,8-15,26H,2-3,5,7,16H2,1H3,(H,31,34). The second-order valence-electron chi connectivity index (χ2n) is 9.33. The van der Waals surface area contributed by atoms with Crippen LogP contribution in [0.4, 0.5) is 19.3 Å². The smallest absolute Gasteiger partial charge is 0.310 e. The lowest BCUT2D eigenvalue weighted by Crippen LogP contribution is -2.38. The number of nitrogens with one attached hydrogen (secondary N) is 1. The number of fused-ring (bicyclic) bond motifs is 5. The van der Waals surface area contributed by atoms with Crippen LogP contribution in [-0.4, -0.2) is 15.5 Å². The van der Waals surface area contributed by atoms with E-state index in [2.05, 4.69) is 9.88 Å². The normalized spacial score (nSPS) is 16.8. The third-order valence-corrected chi connectivity index (χ3v) is 8.28. The number of urea groups is 1. The number of hydrogen-bond donors (Lipinski definition) is 1. The van der Waals surface area contributed by atoms with Gasteiger partial charge in [-0.1, -0.05) is 17.7 Å². The molecule has 178 valence electrons. The molecule has 0 spiro atoms. The molecule has 0 saturated carbocycles. The van der Waals surface area contributed by atoms with Crippen molar-refractivity contribution in [3.8, 4) is 5.00 Å². The lowest BCUT2D eigenvalue weighted by Gasteiger charge is -2.31. The zero-order chi connectivity index (χ0) is 24.1. The number of halogens is 2. The first kappa shape index (κ1) is 22.0. The average molecular weight is 490 g/mol. The van der Waals surface area contributed by atoms with E-state index in [1.165, 1.54) is 29.0 Å². The van der Waals surface area contributed by atoms with Gasteiger partial charge in [-0.15, -0.1) is 11.3 Å². The van der Waals surface area contributed by atoms with Gasteiger partial charge in [0.2, 0.25) is 0 Å². The van der Waals surface area contributed by atoms with E-state index in [9.17, 15) is 13.6 Å². The van der Waals surface area contributed by atoms with E-state index < -0.39 is 17.7 Å². The van der Waals surface area contributed by atoms with Gasteiger partial charge < -0.3 is 14.8 Å². The zero-order valence-electron chi connectivity index (χ0n) is 19.4. The summed E-state index contributed by atoms with van der Waals surface area (Å²) in [7, 11) is 0. The van der Waals surface area contributed by atoms with Crippen LogP contribution in [-0.2, 0) is 19.4 Å². The van der Waals surface area contributed by atoms with Gasteiger partial charge in [0, 0.05) is 28.4 Å². The Kier molecular flexibility index (Phi) is 5.44. The van der Waals surface area contributed by atoms with Crippen molar-refractivity contribution in [2.45, 2.75) is 45.2 Å². The maximum Gasteiger partial charge on any atom is 0.322 e. The van der Waals surface area contributed by atoms with Crippen LogP contribution in [0, 0.1) is 18.6 Å². The van der Waals surface area contributed by atoms with Crippen molar-refractivity contribution < 1.29 is 13.6 Å². The van der Waals surface area contributed by atoms with Gasteiger partial charge >= 0.3 is 6.03 Å². The SMILES string of the molecule is Cc1ccc(NC(=O)N2Cc3c(sc4c3CCCC4)-n3cccc3C2c2cc(F)cc(F)c2)cc1. The Morgan fingerprint density at radius 1 is 1.00 bits per heavy atom. The lowest BCUT2D eigenvalue weighted by atomic mass is 9.95. The van der Waals surface area contributed by atoms with Gasteiger partial charge in [0.05, 0.1) is 12.2 Å². The highest BCUT2D eigenvalue weighted by Gasteiger charge is 2.36. The predicted molar refractivity (Wildman–Crippen MR) is 134 cm³/mol. The first-order chi connectivity index (χ1) is 17.0. The third kappa shape index (κ3) is 3.93. The molecular weight excluding hydrogens is 464 g/mol. The average Bonchev–Trinajstić information content (AvgIpc) is 3.41. The topological polar surface area (TPSA) is 37.3 Å². The molecule has 2 aromatic heterocycles. The van der Waals surface area contributed by atoms with Crippen LogP contribution in [0.5, 0.6) is 0 Å². The molecule has 6 rings (SSSR count). The van der Waals surface area contributed by atoms with Gasteiger partial charge in [0.15, 0.2) is 0 Å². The molecule has 35 heavy (non-hydrogen) atoms. The number of carbonyl (C=O) groups is 1. The van der Waals surface area contributed by atoms with Crippen molar-refractivity contribution in [3.63, 3.8) is 0 Å². The molecule has 2 aliphatic rings. The van der Waals surface area contributed by atoms with Crippen LogP contribution in [0.2, 0.25) is 0 Å². The molecule has 1 atom stereocenters. The van der Waals surface area contributed by atoms with Crippen LogP contribution >= 0.6 is 11.3 Å². The number of thiophene rings is 1. The summed E-state index contributed by atoms with van der Waals surface area (Å²) in [6.45, 7) is 2.35. The summed E-state index contributed by atoms with van der Waals surface area (Å²) < 4.78 is 30.8. The van der Waals surface area contributed by atoms with Crippen molar-refractivity contribution in [1.29, 1.82) is 0 Å². The summed E-state index contributed by atoms with van der Waals surface area (Å²) in [6.07, 6.45) is 6.33. The molecule has 0 saturated heterocycles. The minimum Gasteiger partial charge on any atom is -0.310 e. The first-order valence-electron chi connectivity index (χ1n) is 11.9. The molecule has 4 nitrogen and oxygen atoms in total. The fourth-order valence-corrected chi connectivity index (χ4v) is 6.71. The largest absolute Gasteiger partial charge is 0.322 e. The highest BCUT2D eigenvalue weighted by Crippen LogP contribution is 2.44. The Morgan fingerprint density at radius 3 is 2.51 bits per heavy atom. The van der Waals surface area contributed by atoms with Crippen LogP contribution in [0.15, 0.2) is 60.8 Å². The van der Waals surface area contributed by atoms with Gasteiger partial charge in [-0.2, -0.15) is 0 Å². The maximum absolute atomic E-state index is 14.4. The number of anilines is 1. The molecule has 0 bridgehead atoms. The Labute approximate surface area is 206 Å². The van der Waals surface area contributed by atoms with E-state index >= 15 is 0 Å². The minimum atomic E-state index is -0.659. The minimum absolute atomic E-state index is 0.306. The van der Waals surface area contributed by atoms with Gasteiger partial charge in [-0.05, 0) is 80.1 Å². The summed E-state index contributed by atoms with van der Waals surface area (Å²) in [6, 6.07) is 14.0. The number of hydrogen-bond acceptors (Lipinski definition) is 2. The Morgan fingerprint density at radius 2 is 1.74 bits per heavy atom. The number of rotatable bonds is 2. The summed E-state index contributed by atoms with van der Waals surface area (Å²) in [5.74, 6) is -1.32. The summed E-state index contributed by atoms with van der Waals surface area (Å²) >= 11 is 1.78. The van der Waals surface area contributed by atoms with E-state index in [0.29, 0.717) is 17.8 Å². The Balaban J connectivity index is 1.51. The van der Waals surface area contributed by atoms with Gasteiger partial charge in [0.1, 0.15) is 22.7 Å². The monoisotopic (exact) mass is 489 g/mol. The van der Waals surface area contributed by atoms with Crippen molar-refractivity contribution in [2.75, 3.05) is 5.32 Å². The highest BCUT2D eigenvalue weighted by molar-refractivity contribution is 7.15. The van der Waals surface area contributed by atoms with Crippen LogP contribution < -0.4 is 5.32 Å². The molecular formula is C28H25F2N3OS. The maximum atomic E-state index is 14.4. The Bertz CT molecular complexity index is 1400. The quantitative estimate of drug-likeness (QED) is 0.319. The van der Waals surface area contributed by atoms with Crippen molar-refractivity contribution in [2.24, 2.45) is 0 Å². The van der Waals surface area contributed by atoms with Gasteiger partial charge in [-0.25, -0.2) is 13.6 Å². The van der Waals surface area contributed by atoms with E-state index in [1.54, 1.807) is 16.2 Å². The number of carbonyl (C=O) groups excluding carboxylic acids is 1. The van der Waals surface area contributed by atoms with E-state index in [4.69, 9.17) is 0 Å². The summed E-state index contributed by atoms with van der Waals surface area (Å²) in [4.78, 5) is 16.9. The number of nitrogens with zero attached hydrogens (tertiary/aromatic N) is 2. The van der Waals surface area contributed by atoms with Crippen molar-refractivity contribution >= 4 is 23.1 Å². The van der Waals surface area contributed by atoms with Crippen molar-refractivity contribution in [1.82, 2.24) is 9.47 Å². The molecule has 3 heterocycles. The Hall–Kier alpha value is -3.45. The van der Waals surface area contributed by atoms with Gasteiger partial charge in [0.25, 0.3) is 0 Å². The summed E-state index contributed by atoms with van der Waals surface area (Å²) in [5, 5.41) is 4.12. The summed E-state index contributed by atoms with van der Waals surface area (Å²) in [5.41, 5.74) is 5.46. The van der Waals surface area contributed by atoms with Crippen LogP contribution in [0.1, 0.15) is 51.7 Å². The number of aromatic nitrogens is 1. The molecule has 4 aromatic rings. The first-order valence-corrected chi connectivity index (χ1v) is 12.7. The zero-order valence-corrected chi connectivity index (χ0v) is 20.2. The van der Waals surface area contributed by atoms with Crippen LogP contribution in [0.3, 0.4) is 0 Å². The molecule has 1 aliphatic carbocycles. The molecule has 2 aromatic carbocycles. The van der Waals surface area contributed by atoms with E-state index in [0.717, 1.165) is 47.2 Å². The fraction of sp³-hybridized carbons (Fsp3) is 0.250. The molecule has 0 radical (unpaired) electrons. The number of benzene rings is 2. The molecule has 7 heteroatoms. The van der Waals surface area contributed by atoms with Gasteiger partial charge in [-0.3, -0.25) is 0 Å². The molecule has 1 N–H and O–H groups in total. The molecule has 2 amide bonds. The number of amides is 2. The predicted octanol–water partition coefficient (Wildman–Crippen LogP) is 7.14. The van der Waals surface area contributed by atoms with Crippen molar-refractivity contribution in [3.05, 3.63) is 105 Å². The van der Waals surface area contributed by atoms with E-state index in [-0.39, 0.29) is 6.03 Å². The highest BCUT2D eigenvalue weighted by atomic mass is 32.1. The number of aryl methyl sites for hydroxylation is 2. The van der Waals surface area contributed by atoms with Crippen LogP contribution in [0.25, 0.3) is 5.00 Å². The second kappa shape index (κ2) is 8.64. The molecule has 0 fully saturated rings. The van der Waals surface area contributed by atoms with E-state index in [1.807, 2.05) is 49.5 Å². The molecule has 1 unspecified atom stereocenters. The third-order valence-electron chi connectivity index (χ3n) is 6.94.